The van der Waals surface area contributed by atoms with Crippen LogP contribution in [0.2, 0.25) is 0 Å². The first-order valence-electron chi connectivity index (χ1n) is 4.91. The van der Waals surface area contributed by atoms with E-state index in [-0.39, 0.29) is 0 Å². The van der Waals surface area contributed by atoms with Crippen LogP contribution in [-0.4, -0.2) is 38.1 Å². The number of fused-ring (bicyclic) bond motifs is 2. The zero-order chi connectivity index (χ0) is 8.82. The van der Waals surface area contributed by atoms with Gasteiger partial charge in [0.05, 0.1) is 0 Å². The molecule has 0 aromatic rings. The van der Waals surface area contributed by atoms with Crippen molar-refractivity contribution >= 4 is 0 Å². The highest BCUT2D eigenvalue weighted by Gasteiger charge is 2.44. The lowest BCUT2D eigenvalue weighted by Crippen LogP contribution is -2.60. The van der Waals surface area contributed by atoms with Crippen molar-refractivity contribution in [2.75, 3.05) is 33.2 Å². The highest BCUT2D eigenvalue weighted by atomic mass is 15.1. The number of hydrogen-bond acceptors (Lipinski definition) is 2. The van der Waals surface area contributed by atoms with Gasteiger partial charge in [-0.3, -0.25) is 0 Å². The van der Waals surface area contributed by atoms with E-state index in [4.69, 9.17) is 0 Å². The average molecular weight is 168 g/mol. The van der Waals surface area contributed by atoms with Gasteiger partial charge in [-0.15, -0.1) is 0 Å². The first-order valence-corrected chi connectivity index (χ1v) is 4.91. The summed E-state index contributed by atoms with van der Waals surface area (Å²) >= 11 is 0. The van der Waals surface area contributed by atoms with E-state index in [0.717, 1.165) is 0 Å². The first kappa shape index (κ1) is 8.52. The highest BCUT2D eigenvalue weighted by molar-refractivity contribution is 4.99. The molecule has 2 bridgehead atoms. The molecule has 2 heterocycles. The summed E-state index contributed by atoms with van der Waals surface area (Å²) in [7, 11) is 2.25. The maximum absolute atomic E-state index is 3.56. The highest BCUT2D eigenvalue weighted by Crippen LogP contribution is 2.41. The quantitative estimate of drug-likeness (QED) is 0.579. The second kappa shape index (κ2) is 2.46. The minimum atomic E-state index is 0.528. The average Bonchev–Trinajstić information content (AvgIpc) is 1.79. The topological polar surface area (TPSA) is 15.3 Å². The monoisotopic (exact) mass is 168 g/mol. The van der Waals surface area contributed by atoms with Crippen molar-refractivity contribution in [2.24, 2.45) is 10.8 Å². The molecule has 2 aliphatic heterocycles. The van der Waals surface area contributed by atoms with E-state index in [0.29, 0.717) is 10.8 Å². The zero-order valence-corrected chi connectivity index (χ0v) is 8.48. The Kier molecular flexibility index (Phi) is 1.74. The van der Waals surface area contributed by atoms with Gasteiger partial charge in [0, 0.05) is 26.2 Å². The molecule has 0 aromatic heterocycles. The predicted molar refractivity (Wildman–Crippen MR) is 51.2 cm³/mol. The summed E-state index contributed by atoms with van der Waals surface area (Å²) in [6, 6.07) is 0. The van der Waals surface area contributed by atoms with E-state index >= 15 is 0 Å². The number of nitrogens with one attached hydrogen (secondary N) is 1. The van der Waals surface area contributed by atoms with E-state index in [2.05, 4.69) is 31.1 Å². The summed E-state index contributed by atoms with van der Waals surface area (Å²) in [6.45, 7) is 9.74. The largest absolute Gasteiger partial charge is 0.316 e. The molecule has 2 atom stereocenters. The molecule has 2 nitrogen and oxygen atoms in total. The Morgan fingerprint density at radius 2 is 1.58 bits per heavy atom. The van der Waals surface area contributed by atoms with Gasteiger partial charge >= 0.3 is 0 Å². The molecular formula is C10H20N2. The molecule has 0 amide bonds. The Morgan fingerprint density at radius 1 is 1.08 bits per heavy atom. The molecule has 2 rings (SSSR count). The van der Waals surface area contributed by atoms with Crippen LogP contribution in [0.1, 0.15) is 20.3 Å². The van der Waals surface area contributed by atoms with Crippen LogP contribution in [0.25, 0.3) is 0 Å². The summed E-state index contributed by atoms with van der Waals surface area (Å²) in [5.41, 5.74) is 1.06. The van der Waals surface area contributed by atoms with E-state index in [1.54, 1.807) is 0 Å². The fraction of sp³-hybridized carbons (Fsp3) is 1.00. The van der Waals surface area contributed by atoms with Gasteiger partial charge in [-0.1, -0.05) is 13.8 Å². The molecular weight excluding hydrogens is 148 g/mol. The molecule has 1 N–H and O–H groups in total. The molecule has 70 valence electrons. The van der Waals surface area contributed by atoms with Crippen LogP contribution < -0.4 is 5.32 Å². The van der Waals surface area contributed by atoms with Crippen LogP contribution in [0.4, 0.5) is 0 Å². The van der Waals surface area contributed by atoms with Crippen LogP contribution in [-0.2, 0) is 0 Å². The SMILES string of the molecule is CN1CC2(C)CNCC(C)(C1)C2. The number of rotatable bonds is 0. The van der Waals surface area contributed by atoms with Crippen molar-refractivity contribution in [3.63, 3.8) is 0 Å². The maximum atomic E-state index is 3.56. The predicted octanol–water partition coefficient (Wildman–Crippen LogP) is 0.938. The lowest BCUT2D eigenvalue weighted by Gasteiger charge is -2.53. The third-order valence-corrected chi connectivity index (χ3v) is 3.26. The molecule has 0 aliphatic carbocycles. The lowest BCUT2D eigenvalue weighted by molar-refractivity contribution is -0.00751. The van der Waals surface area contributed by atoms with Gasteiger partial charge in [0.15, 0.2) is 0 Å². The summed E-state index contributed by atoms with van der Waals surface area (Å²) < 4.78 is 0. The Hall–Kier alpha value is -0.0800. The maximum Gasteiger partial charge on any atom is 0.00449 e. The summed E-state index contributed by atoms with van der Waals surface area (Å²) in [5, 5.41) is 3.56. The van der Waals surface area contributed by atoms with Crippen molar-refractivity contribution in [3.05, 3.63) is 0 Å². The van der Waals surface area contributed by atoms with Crippen molar-refractivity contribution in [1.29, 1.82) is 0 Å². The van der Waals surface area contributed by atoms with E-state index in [1.165, 1.54) is 32.6 Å². The summed E-state index contributed by atoms with van der Waals surface area (Å²) in [4.78, 5) is 2.49. The Morgan fingerprint density at radius 3 is 2.08 bits per heavy atom. The summed E-state index contributed by atoms with van der Waals surface area (Å²) in [5.74, 6) is 0. The second-order valence-electron chi connectivity index (χ2n) is 5.57. The van der Waals surface area contributed by atoms with Gasteiger partial charge in [-0.25, -0.2) is 0 Å². The Labute approximate surface area is 75.3 Å². The van der Waals surface area contributed by atoms with Crippen molar-refractivity contribution in [2.45, 2.75) is 20.3 Å². The molecule has 0 spiro atoms. The van der Waals surface area contributed by atoms with Crippen LogP contribution in [0.15, 0.2) is 0 Å². The minimum absolute atomic E-state index is 0.528. The van der Waals surface area contributed by atoms with Gasteiger partial charge in [0.25, 0.3) is 0 Å². The molecule has 0 saturated carbocycles. The summed E-state index contributed by atoms with van der Waals surface area (Å²) in [6.07, 6.45) is 1.40. The third kappa shape index (κ3) is 1.38. The number of likely N-dealkylation sites (tertiary alicyclic amines) is 1. The third-order valence-electron chi connectivity index (χ3n) is 3.26. The van der Waals surface area contributed by atoms with E-state index in [1.807, 2.05) is 0 Å². The molecule has 12 heavy (non-hydrogen) atoms. The van der Waals surface area contributed by atoms with Gasteiger partial charge in [0.2, 0.25) is 0 Å². The van der Waals surface area contributed by atoms with Gasteiger partial charge in [-0.2, -0.15) is 0 Å². The normalized spacial score (nSPS) is 49.2. The molecule has 2 unspecified atom stereocenters. The first-order chi connectivity index (χ1) is 5.52. The molecule has 2 saturated heterocycles. The zero-order valence-electron chi connectivity index (χ0n) is 8.48. The number of nitrogens with zero attached hydrogens (tertiary/aromatic N) is 1. The Bertz CT molecular complexity index is 174. The van der Waals surface area contributed by atoms with Crippen molar-refractivity contribution in [1.82, 2.24) is 10.2 Å². The Balaban J connectivity index is 2.19. The van der Waals surface area contributed by atoms with Crippen LogP contribution in [0, 0.1) is 10.8 Å². The molecule has 0 aromatic carbocycles. The molecule has 2 heteroatoms. The number of piperidine rings is 2. The minimum Gasteiger partial charge on any atom is -0.316 e. The van der Waals surface area contributed by atoms with Crippen LogP contribution >= 0.6 is 0 Å². The van der Waals surface area contributed by atoms with Gasteiger partial charge < -0.3 is 10.2 Å². The second-order valence-corrected chi connectivity index (χ2v) is 5.57. The number of hydrogen-bond donors (Lipinski definition) is 1. The molecule has 2 aliphatic rings. The van der Waals surface area contributed by atoms with Gasteiger partial charge in [-0.05, 0) is 24.3 Å². The molecule has 0 radical (unpaired) electrons. The standard InChI is InChI=1S/C10H20N2/c1-9-4-10(2,6-11-5-9)8-12(3)7-9/h11H,4-8H2,1-3H3. The van der Waals surface area contributed by atoms with E-state index in [9.17, 15) is 0 Å². The van der Waals surface area contributed by atoms with Gasteiger partial charge in [0.1, 0.15) is 0 Å². The van der Waals surface area contributed by atoms with E-state index < -0.39 is 0 Å². The van der Waals surface area contributed by atoms with Crippen LogP contribution in [0.5, 0.6) is 0 Å². The van der Waals surface area contributed by atoms with Crippen LogP contribution in [0.3, 0.4) is 0 Å². The molecule has 2 fully saturated rings. The van der Waals surface area contributed by atoms with Crippen molar-refractivity contribution < 1.29 is 0 Å². The fourth-order valence-corrected chi connectivity index (χ4v) is 3.40. The fourth-order valence-electron chi connectivity index (χ4n) is 3.40. The smallest absolute Gasteiger partial charge is 0.00449 e. The van der Waals surface area contributed by atoms with Crippen molar-refractivity contribution in [3.8, 4) is 0 Å². The lowest BCUT2D eigenvalue weighted by atomic mass is 9.66.